The number of hydrogen-bond acceptors (Lipinski definition) is 8. The van der Waals surface area contributed by atoms with Gasteiger partial charge in [0, 0.05) is 12.6 Å². The maximum atomic E-state index is 11.0. The zero-order valence-electron chi connectivity index (χ0n) is 11.1. The highest BCUT2D eigenvalue weighted by molar-refractivity contribution is 7.15. The van der Waals surface area contributed by atoms with Gasteiger partial charge in [0.05, 0.1) is 16.6 Å². The summed E-state index contributed by atoms with van der Waals surface area (Å²) in [6, 6.07) is 5.90. The van der Waals surface area contributed by atoms with Crippen LogP contribution in [0.5, 0.6) is 5.75 Å². The lowest BCUT2D eigenvalue weighted by Crippen LogP contribution is -1.99. The Morgan fingerprint density at radius 3 is 3.00 bits per heavy atom. The SMILES string of the molecule is CCNc1nnc(COc2ccc(C#N)cc2[N+](=O)[O-])s1. The van der Waals surface area contributed by atoms with E-state index in [2.05, 4.69) is 15.5 Å². The van der Waals surface area contributed by atoms with Crippen molar-refractivity contribution in [1.29, 1.82) is 5.26 Å². The van der Waals surface area contributed by atoms with Gasteiger partial charge < -0.3 is 10.1 Å². The number of anilines is 1. The first-order valence-electron chi connectivity index (χ1n) is 6.01. The van der Waals surface area contributed by atoms with Gasteiger partial charge in [-0.05, 0) is 19.1 Å². The van der Waals surface area contributed by atoms with Gasteiger partial charge in [0.2, 0.25) is 5.13 Å². The van der Waals surface area contributed by atoms with Crippen LogP contribution >= 0.6 is 11.3 Å². The zero-order valence-corrected chi connectivity index (χ0v) is 11.9. The van der Waals surface area contributed by atoms with Crippen molar-refractivity contribution in [3.8, 4) is 11.8 Å². The fourth-order valence-electron chi connectivity index (χ4n) is 1.53. The largest absolute Gasteiger partial charge is 0.479 e. The summed E-state index contributed by atoms with van der Waals surface area (Å²) >= 11 is 1.32. The van der Waals surface area contributed by atoms with Crippen LogP contribution in [0.25, 0.3) is 0 Å². The summed E-state index contributed by atoms with van der Waals surface area (Å²) in [5, 5.41) is 31.8. The molecule has 0 fully saturated rings. The fourth-order valence-corrected chi connectivity index (χ4v) is 2.25. The Balaban J connectivity index is 2.12. The van der Waals surface area contributed by atoms with Gasteiger partial charge in [-0.1, -0.05) is 11.3 Å². The van der Waals surface area contributed by atoms with Crippen LogP contribution in [0, 0.1) is 21.4 Å². The van der Waals surface area contributed by atoms with Crippen LogP contribution < -0.4 is 10.1 Å². The maximum absolute atomic E-state index is 11.0. The number of ether oxygens (including phenoxy) is 1. The second-order valence-electron chi connectivity index (χ2n) is 3.87. The molecule has 0 aliphatic rings. The van der Waals surface area contributed by atoms with Crippen molar-refractivity contribution in [2.75, 3.05) is 11.9 Å². The van der Waals surface area contributed by atoms with E-state index in [4.69, 9.17) is 10.00 Å². The minimum Gasteiger partial charge on any atom is -0.479 e. The first kappa shape index (κ1) is 14.7. The first-order valence-corrected chi connectivity index (χ1v) is 6.83. The lowest BCUT2D eigenvalue weighted by Gasteiger charge is -2.04. The smallest absolute Gasteiger partial charge is 0.312 e. The van der Waals surface area contributed by atoms with E-state index >= 15 is 0 Å². The van der Waals surface area contributed by atoms with E-state index < -0.39 is 4.92 Å². The maximum Gasteiger partial charge on any atom is 0.312 e. The minimum absolute atomic E-state index is 0.0792. The summed E-state index contributed by atoms with van der Waals surface area (Å²) in [5.74, 6) is 0.0965. The Morgan fingerprint density at radius 1 is 1.52 bits per heavy atom. The molecule has 0 saturated carbocycles. The van der Waals surface area contributed by atoms with Crippen molar-refractivity contribution in [2.24, 2.45) is 0 Å². The number of nitro groups is 1. The second kappa shape index (κ2) is 6.62. The lowest BCUT2D eigenvalue weighted by molar-refractivity contribution is -0.386. The zero-order chi connectivity index (χ0) is 15.2. The Labute approximate surface area is 124 Å². The monoisotopic (exact) mass is 305 g/mol. The molecular formula is C12H11N5O3S. The van der Waals surface area contributed by atoms with Crippen molar-refractivity contribution in [1.82, 2.24) is 10.2 Å². The number of benzene rings is 1. The Morgan fingerprint density at radius 2 is 2.33 bits per heavy atom. The van der Waals surface area contributed by atoms with E-state index in [1.165, 1.54) is 29.5 Å². The highest BCUT2D eigenvalue weighted by Gasteiger charge is 2.17. The van der Waals surface area contributed by atoms with Crippen LogP contribution in [0.3, 0.4) is 0 Å². The molecule has 0 atom stereocenters. The van der Waals surface area contributed by atoms with E-state index in [0.29, 0.717) is 10.1 Å². The van der Waals surface area contributed by atoms with Crippen molar-refractivity contribution in [3.05, 3.63) is 38.9 Å². The first-order chi connectivity index (χ1) is 10.1. The molecule has 2 aromatic rings. The van der Waals surface area contributed by atoms with E-state index in [9.17, 15) is 10.1 Å². The standard InChI is InChI=1S/C12H11N5O3S/c1-2-14-12-16-15-11(21-12)7-20-10-4-3-8(6-13)5-9(10)17(18)19/h3-5H,2,7H2,1H3,(H,14,16). The van der Waals surface area contributed by atoms with Gasteiger partial charge in [0.25, 0.3) is 0 Å². The summed E-state index contributed by atoms with van der Waals surface area (Å²) in [7, 11) is 0. The second-order valence-corrected chi connectivity index (χ2v) is 4.93. The molecule has 1 N–H and O–H groups in total. The summed E-state index contributed by atoms with van der Waals surface area (Å²) in [6.45, 7) is 2.75. The van der Waals surface area contributed by atoms with Gasteiger partial charge in [0.15, 0.2) is 10.8 Å². The average Bonchev–Trinajstić information content (AvgIpc) is 2.93. The predicted molar refractivity (Wildman–Crippen MR) is 76.2 cm³/mol. The van der Waals surface area contributed by atoms with Crippen LogP contribution in [-0.4, -0.2) is 21.7 Å². The van der Waals surface area contributed by atoms with Gasteiger partial charge in [-0.2, -0.15) is 5.26 Å². The molecule has 1 aromatic heterocycles. The van der Waals surface area contributed by atoms with Gasteiger partial charge in [-0.25, -0.2) is 0 Å². The van der Waals surface area contributed by atoms with Crippen molar-refractivity contribution in [2.45, 2.75) is 13.5 Å². The number of hydrogen-bond donors (Lipinski definition) is 1. The molecule has 9 heteroatoms. The third-order valence-electron chi connectivity index (χ3n) is 2.43. The molecule has 2 rings (SSSR count). The molecule has 0 amide bonds. The molecule has 0 aliphatic heterocycles. The molecule has 0 unspecified atom stereocenters. The van der Waals surface area contributed by atoms with E-state index in [1.54, 1.807) is 0 Å². The molecule has 0 spiro atoms. The fraction of sp³-hybridized carbons (Fsp3) is 0.250. The molecular weight excluding hydrogens is 294 g/mol. The summed E-state index contributed by atoms with van der Waals surface area (Å²) in [4.78, 5) is 10.4. The molecule has 0 saturated heterocycles. The van der Waals surface area contributed by atoms with Crippen LogP contribution in [0.15, 0.2) is 18.2 Å². The molecule has 0 bridgehead atoms. The number of nitriles is 1. The minimum atomic E-state index is -0.583. The normalized spacial score (nSPS) is 9.90. The average molecular weight is 305 g/mol. The van der Waals surface area contributed by atoms with E-state index in [-0.39, 0.29) is 23.6 Å². The van der Waals surface area contributed by atoms with E-state index in [1.807, 2.05) is 13.0 Å². The summed E-state index contributed by atoms with van der Waals surface area (Å²) in [6.07, 6.45) is 0. The van der Waals surface area contributed by atoms with Crippen molar-refractivity contribution >= 4 is 22.2 Å². The van der Waals surface area contributed by atoms with Crippen LogP contribution in [-0.2, 0) is 6.61 Å². The van der Waals surface area contributed by atoms with Gasteiger partial charge in [-0.15, -0.1) is 10.2 Å². The number of aromatic nitrogens is 2. The van der Waals surface area contributed by atoms with E-state index in [0.717, 1.165) is 6.54 Å². The molecule has 8 nitrogen and oxygen atoms in total. The molecule has 1 heterocycles. The molecule has 21 heavy (non-hydrogen) atoms. The Kier molecular flexibility index (Phi) is 4.63. The summed E-state index contributed by atoms with van der Waals surface area (Å²) in [5.41, 5.74) is -0.0372. The summed E-state index contributed by atoms with van der Waals surface area (Å²) < 4.78 is 5.40. The Bertz CT molecular complexity index is 694. The van der Waals surface area contributed by atoms with Crippen molar-refractivity contribution in [3.63, 3.8) is 0 Å². The highest BCUT2D eigenvalue weighted by atomic mass is 32.1. The van der Waals surface area contributed by atoms with Gasteiger partial charge >= 0.3 is 5.69 Å². The highest BCUT2D eigenvalue weighted by Crippen LogP contribution is 2.29. The molecule has 1 aromatic carbocycles. The number of nitrogens with zero attached hydrogens (tertiary/aromatic N) is 4. The van der Waals surface area contributed by atoms with Crippen molar-refractivity contribution < 1.29 is 9.66 Å². The Hall–Kier alpha value is -2.73. The number of nitrogens with one attached hydrogen (secondary N) is 1. The van der Waals surface area contributed by atoms with Crippen LogP contribution in [0.4, 0.5) is 10.8 Å². The molecule has 108 valence electrons. The predicted octanol–water partition coefficient (Wildman–Crippen LogP) is 2.33. The lowest BCUT2D eigenvalue weighted by atomic mass is 10.2. The third kappa shape index (κ3) is 3.64. The quantitative estimate of drug-likeness (QED) is 0.643. The molecule has 0 aliphatic carbocycles. The van der Waals surface area contributed by atoms with Crippen LogP contribution in [0.1, 0.15) is 17.5 Å². The number of nitro benzene ring substituents is 1. The topological polar surface area (TPSA) is 114 Å². The van der Waals surface area contributed by atoms with Gasteiger partial charge in [-0.3, -0.25) is 10.1 Å². The van der Waals surface area contributed by atoms with Crippen LogP contribution in [0.2, 0.25) is 0 Å². The third-order valence-corrected chi connectivity index (χ3v) is 3.29. The number of rotatable bonds is 6. The molecule has 0 radical (unpaired) electrons. The van der Waals surface area contributed by atoms with Gasteiger partial charge in [0.1, 0.15) is 6.61 Å².